The molecule has 2 aromatic carbocycles. The Hall–Kier alpha value is -2.92. The largest absolute Gasteiger partial charge is 0.489 e. The smallest absolute Gasteiger partial charge is 0.229 e. The number of carbonyl (C=O) groups is 1. The molecule has 0 spiro atoms. The third-order valence-corrected chi connectivity index (χ3v) is 3.85. The van der Waals surface area contributed by atoms with E-state index in [9.17, 15) is 9.18 Å². The summed E-state index contributed by atoms with van der Waals surface area (Å²) in [6.07, 6.45) is 1.70. The number of anilines is 1. The zero-order valence-electron chi connectivity index (χ0n) is 13.8. The van der Waals surface area contributed by atoms with E-state index in [0.717, 1.165) is 11.1 Å². The third kappa shape index (κ3) is 5.29. The second-order valence-corrected chi connectivity index (χ2v) is 6.08. The molecular formula is C20H16ClFN2O2. The first-order chi connectivity index (χ1) is 12.6. The molecule has 6 heteroatoms. The molecule has 0 fully saturated rings. The topological polar surface area (TPSA) is 51.2 Å². The molecule has 0 aliphatic heterocycles. The molecular weight excluding hydrogens is 355 g/mol. The number of amides is 1. The van der Waals surface area contributed by atoms with Gasteiger partial charge in [-0.05, 0) is 41.5 Å². The van der Waals surface area contributed by atoms with Crippen LogP contribution in [0.25, 0.3) is 0 Å². The number of benzene rings is 2. The number of pyridine rings is 1. The van der Waals surface area contributed by atoms with Crippen molar-refractivity contribution in [2.24, 2.45) is 0 Å². The van der Waals surface area contributed by atoms with E-state index in [1.54, 1.807) is 42.6 Å². The lowest BCUT2D eigenvalue weighted by atomic mass is 10.1. The second kappa shape index (κ2) is 8.45. The Morgan fingerprint density at radius 3 is 2.46 bits per heavy atom. The van der Waals surface area contributed by atoms with Crippen molar-refractivity contribution in [1.82, 2.24) is 4.98 Å². The minimum absolute atomic E-state index is 0.137. The maximum Gasteiger partial charge on any atom is 0.229 e. The minimum Gasteiger partial charge on any atom is -0.489 e. The van der Waals surface area contributed by atoms with Crippen molar-refractivity contribution in [3.05, 3.63) is 88.8 Å². The Bertz CT molecular complexity index is 883. The monoisotopic (exact) mass is 370 g/mol. The number of carbonyl (C=O) groups excluding carboxylic acids is 1. The van der Waals surface area contributed by atoms with Gasteiger partial charge >= 0.3 is 0 Å². The van der Waals surface area contributed by atoms with Crippen molar-refractivity contribution in [3.8, 4) is 5.75 Å². The molecule has 0 saturated heterocycles. The summed E-state index contributed by atoms with van der Waals surface area (Å²) in [4.78, 5) is 16.2. The average molecular weight is 371 g/mol. The van der Waals surface area contributed by atoms with Crippen LogP contribution < -0.4 is 10.1 Å². The predicted octanol–water partition coefficient (Wildman–Crippen LogP) is 4.63. The number of hydrogen-bond donors (Lipinski definition) is 1. The van der Waals surface area contributed by atoms with Gasteiger partial charge in [-0.15, -0.1) is 0 Å². The standard InChI is InChI=1S/C20H16ClFN2O2/c21-16-5-1-15(2-6-16)13-26-18-9-10-23-19(12-18)24-20(25)11-14-3-7-17(22)8-4-14/h1-10,12H,11,13H2,(H,23,24,25). The molecule has 1 N–H and O–H groups in total. The molecule has 4 nitrogen and oxygen atoms in total. The Morgan fingerprint density at radius 1 is 1.04 bits per heavy atom. The van der Waals surface area contributed by atoms with E-state index >= 15 is 0 Å². The summed E-state index contributed by atoms with van der Waals surface area (Å²) < 4.78 is 18.6. The van der Waals surface area contributed by atoms with Crippen LogP contribution in [-0.4, -0.2) is 10.9 Å². The lowest BCUT2D eigenvalue weighted by molar-refractivity contribution is -0.115. The van der Waals surface area contributed by atoms with Crippen molar-refractivity contribution in [2.75, 3.05) is 5.32 Å². The SMILES string of the molecule is O=C(Cc1ccc(F)cc1)Nc1cc(OCc2ccc(Cl)cc2)ccn1. The van der Waals surface area contributed by atoms with Gasteiger partial charge in [0.25, 0.3) is 0 Å². The highest BCUT2D eigenvalue weighted by Crippen LogP contribution is 2.17. The van der Waals surface area contributed by atoms with Crippen LogP contribution >= 0.6 is 11.6 Å². The second-order valence-electron chi connectivity index (χ2n) is 5.64. The fraction of sp³-hybridized carbons (Fsp3) is 0.100. The fourth-order valence-corrected chi connectivity index (χ4v) is 2.42. The number of halogens is 2. The average Bonchev–Trinajstić information content (AvgIpc) is 2.63. The number of nitrogens with zero attached hydrogens (tertiary/aromatic N) is 1. The highest BCUT2D eigenvalue weighted by Gasteiger charge is 2.06. The Kier molecular flexibility index (Phi) is 5.81. The van der Waals surface area contributed by atoms with Crippen LogP contribution in [0.2, 0.25) is 5.02 Å². The Balaban J connectivity index is 1.57. The molecule has 3 rings (SSSR count). The molecule has 26 heavy (non-hydrogen) atoms. The van der Waals surface area contributed by atoms with Crippen LogP contribution in [0.5, 0.6) is 5.75 Å². The molecule has 0 aliphatic carbocycles. The quantitative estimate of drug-likeness (QED) is 0.688. The summed E-state index contributed by atoms with van der Waals surface area (Å²) in [5.74, 6) is 0.415. The number of nitrogens with one attached hydrogen (secondary N) is 1. The lowest BCUT2D eigenvalue weighted by Crippen LogP contribution is -2.15. The van der Waals surface area contributed by atoms with Crippen LogP contribution in [0, 0.1) is 5.82 Å². The van der Waals surface area contributed by atoms with Crippen LogP contribution in [0.3, 0.4) is 0 Å². The van der Waals surface area contributed by atoms with Crippen molar-refractivity contribution in [3.63, 3.8) is 0 Å². The van der Waals surface area contributed by atoms with Crippen LogP contribution in [0.4, 0.5) is 10.2 Å². The molecule has 0 bridgehead atoms. The highest BCUT2D eigenvalue weighted by atomic mass is 35.5. The molecule has 1 amide bonds. The van der Waals surface area contributed by atoms with Gasteiger partial charge in [0.2, 0.25) is 5.91 Å². The summed E-state index contributed by atoms with van der Waals surface area (Å²) >= 11 is 5.86. The van der Waals surface area contributed by atoms with Gasteiger partial charge in [0.05, 0.1) is 6.42 Å². The molecule has 3 aromatic rings. The van der Waals surface area contributed by atoms with E-state index < -0.39 is 0 Å². The summed E-state index contributed by atoms with van der Waals surface area (Å²) in [5, 5.41) is 3.38. The van der Waals surface area contributed by atoms with Gasteiger partial charge < -0.3 is 10.1 Å². The lowest BCUT2D eigenvalue weighted by Gasteiger charge is -2.09. The van der Waals surface area contributed by atoms with E-state index in [0.29, 0.717) is 23.2 Å². The molecule has 1 aromatic heterocycles. The molecule has 0 atom stereocenters. The van der Waals surface area contributed by atoms with Gasteiger partial charge in [-0.25, -0.2) is 9.37 Å². The summed E-state index contributed by atoms with van der Waals surface area (Å²) in [7, 11) is 0. The Morgan fingerprint density at radius 2 is 1.73 bits per heavy atom. The van der Waals surface area contributed by atoms with E-state index in [1.165, 1.54) is 12.1 Å². The van der Waals surface area contributed by atoms with Crippen LogP contribution in [0.15, 0.2) is 66.9 Å². The van der Waals surface area contributed by atoms with Crippen molar-refractivity contribution in [2.45, 2.75) is 13.0 Å². The highest BCUT2D eigenvalue weighted by molar-refractivity contribution is 6.30. The van der Waals surface area contributed by atoms with E-state index in [-0.39, 0.29) is 18.1 Å². The third-order valence-electron chi connectivity index (χ3n) is 3.60. The zero-order valence-corrected chi connectivity index (χ0v) is 14.5. The Labute approximate surface area is 155 Å². The fourth-order valence-electron chi connectivity index (χ4n) is 2.29. The van der Waals surface area contributed by atoms with Crippen molar-refractivity contribution in [1.29, 1.82) is 0 Å². The van der Waals surface area contributed by atoms with Gasteiger partial charge in [0.1, 0.15) is 24.0 Å². The summed E-state index contributed by atoms with van der Waals surface area (Å²) in [6.45, 7) is 0.379. The molecule has 1 heterocycles. The molecule has 0 aliphatic rings. The number of aromatic nitrogens is 1. The maximum absolute atomic E-state index is 12.9. The summed E-state index contributed by atoms with van der Waals surface area (Å²) in [6, 6.07) is 16.5. The molecule has 0 saturated carbocycles. The van der Waals surface area contributed by atoms with Gasteiger partial charge in [0.15, 0.2) is 0 Å². The molecule has 132 valence electrons. The first kappa shape index (κ1) is 17.9. The van der Waals surface area contributed by atoms with E-state index in [4.69, 9.17) is 16.3 Å². The van der Waals surface area contributed by atoms with E-state index in [1.807, 2.05) is 12.1 Å². The van der Waals surface area contributed by atoms with Crippen LogP contribution in [-0.2, 0) is 17.8 Å². The molecule has 0 radical (unpaired) electrons. The van der Waals surface area contributed by atoms with Gasteiger partial charge in [0, 0.05) is 17.3 Å². The summed E-state index contributed by atoms with van der Waals surface area (Å²) in [5.41, 5.74) is 1.70. The minimum atomic E-state index is -0.332. The maximum atomic E-state index is 12.9. The number of hydrogen-bond acceptors (Lipinski definition) is 3. The number of rotatable bonds is 6. The van der Waals surface area contributed by atoms with Gasteiger partial charge in [-0.2, -0.15) is 0 Å². The first-order valence-electron chi connectivity index (χ1n) is 7.96. The first-order valence-corrected chi connectivity index (χ1v) is 8.34. The van der Waals surface area contributed by atoms with E-state index in [2.05, 4.69) is 10.3 Å². The van der Waals surface area contributed by atoms with Crippen molar-refractivity contribution < 1.29 is 13.9 Å². The normalized spacial score (nSPS) is 10.4. The van der Waals surface area contributed by atoms with Crippen molar-refractivity contribution >= 4 is 23.3 Å². The van der Waals surface area contributed by atoms with Gasteiger partial charge in [-0.3, -0.25) is 4.79 Å². The van der Waals surface area contributed by atoms with Gasteiger partial charge in [-0.1, -0.05) is 35.9 Å². The predicted molar refractivity (Wildman–Crippen MR) is 98.8 cm³/mol. The molecule has 0 unspecified atom stereocenters. The zero-order chi connectivity index (χ0) is 18.4. The number of ether oxygens (including phenoxy) is 1. The van der Waals surface area contributed by atoms with Crippen LogP contribution in [0.1, 0.15) is 11.1 Å².